The number of amides is 1. The summed E-state index contributed by atoms with van der Waals surface area (Å²) in [7, 11) is 1.49. The van der Waals surface area contributed by atoms with E-state index < -0.39 is 23.7 Å². The summed E-state index contributed by atoms with van der Waals surface area (Å²) in [5.74, 6) is -1.48. The van der Waals surface area contributed by atoms with Crippen LogP contribution in [0.25, 0.3) is 5.76 Å². The van der Waals surface area contributed by atoms with E-state index in [1.807, 2.05) is 20.8 Å². The van der Waals surface area contributed by atoms with E-state index in [1.165, 1.54) is 24.1 Å². The lowest BCUT2D eigenvalue weighted by Gasteiger charge is -2.26. The summed E-state index contributed by atoms with van der Waals surface area (Å²) < 4.78 is 11.4. The maximum Gasteiger partial charge on any atom is 0.335 e. The number of hydrogen-bond acceptors (Lipinski definition) is 6. The SMILES string of the molecule is COc1ccccc1C1/C(=C(\O)c2ccc(OCC(C)C)c(C)c2)C(=O)C(=O)N1Cc1ccc(C(=O)O)cc1. The van der Waals surface area contributed by atoms with Crippen LogP contribution in [0.5, 0.6) is 11.5 Å². The first kappa shape index (κ1) is 27.4. The second kappa shape index (κ2) is 11.4. The van der Waals surface area contributed by atoms with E-state index in [0.717, 1.165) is 5.56 Å². The Labute approximate surface area is 227 Å². The zero-order valence-electron chi connectivity index (χ0n) is 22.3. The van der Waals surface area contributed by atoms with E-state index in [2.05, 4.69) is 0 Å². The smallest absolute Gasteiger partial charge is 0.335 e. The largest absolute Gasteiger partial charge is 0.507 e. The first-order valence-corrected chi connectivity index (χ1v) is 12.6. The van der Waals surface area contributed by atoms with E-state index in [-0.39, 0.29) is 23.4 Å². The third kappa shape index (κ3) is 5.65. The summed E-state index contributed by atoms with van der Waals surface area (Å²) in [4.78, 5) is 39.4. The number of ketones is 1. The quantitative estimate of drug-likeness (QED) is 0.218. The van der Waals surface area contributed by atoms with Gasteiger partial charge in [-0.05, 0) is 60.4 Å². The molecule has 1 aliphatic heterocycles. The van der Waals surface area contributed by atoms with Crippen LogP contribution in [0.1, 0.15) is 52.5 Å². The molecule has 2 N–H and O–H groups in total. The number of aliphatic hydroxyl groups is 1. The Bertz CT molecular complexity index is 1440. The van der Waals surface area contributed by atoms with Crippen molar-refractivity contribution in [3.05, 3.63) is 100 Å². The molecule has 8 heteroatoms. The van der Waals surface area contributed by atoms with Crippen LogP contribution < -0.4 is 9.47 Å². The van der Waals surface area contributed by atoms with Crippen molar-refractivity contribution in [3.63, 3.8) is 0 Å². The van der Waals surface area contributed by atoms with Gasteiger partial charge in [0.2, 0.25) is 0 Å². The number of carbonyl (C=O) groups excluding carboxylic acids is 2. The number of carboxylic acids is 1. The molecule has 1 aliphatic rings. The van der Waals surface area contributed by atoms with Gasteiger partial charge in [0.15, 0.2) is 0 Å². The Balaban J connectivity index is 1.81. The molecule has 0 radical (unpaired) electrons. The maximum absolute atomic E-state index is 13.4. The molecule has 0 aromatic heterocycles. The van der Waals surface area contributed by atoms with Crippen LogP contribution >= 0.6 is 0 Å². The number of aliphatic hydroxyl groups excluding tert-OH is 1. The highest BCUT2D eigenvalue weighted by Crippen LogP contribution is 2.43. The standard InChI is InChI=1S/C31H31NO7/c1-18(2)17-39-24-14-13-22(15-19(24)3)28(33)26-27(23-7-5-6-8-25(23)38-4)32(30(35)29(26)34)16-20-9-11-21(12-10-20)31(36)37/h5-15,18,27,33H,16-17H2,1-4H3,(H,36,37)/b28-26+. The highest BCUT2D eigenvalue weighted by atomic mass is 16.5. The number of benzene rings is 3. The van der Waals surface area contributed by atoms with Gasteiger partial charge < -0.3 is 24.6 Å². The number of nitrogens with zero attached hydrogens (tertiary/aromatic N) is 1. The van der Waals surface area contributed by atoms with Gasteiger partial charge >= 0.3 is 5.97 Å². The van der Waals surface area contributed by atoms with Gasteiger partial charge in [0.05, 0.1) is 30.9 Å². The fourth-order valence-corrected chi connectivity index (χ4v) is 4.58. The van der Waals surface area contributed by atoms with Crippen LogP contribution in [0.2, 0.25) is 0 Å². The Morgan fingerprint density at radius 1 is 0.949 bits per heavy atom. The molecule has 4 rings (SSSR count). The summed E-state index contributed by atoms with van der Waals surface area (Å²) in [6, 6.07) is 17.3. The number of hydrogen-bond donors (Lipinski definition) is 2. The van der Waals surface area contributed by atoms with E-state index in [0.29, 0.717) is 40.7 Å². The lowest BCUT2D eigenvalue weighted by atomic mass is 9.94. The summed E-state index contributed by atoms with van der Waals surface area (Å²) in [5, 5.41) is 20.7. The van der Waals surface area contributed by atoms with Crippen molar-refractivity contribution in [2.24, 2.45) is 5.92 Å². The van der Waals surface area contributed by atoms with Gasteiger partial charge in [-0.25, -0.2) is 4.79 Å². The topological polar surface area (TPSA) is 113 Å². The molecule has 0 aliphatic carbocycles. The van der Waals surface area contributed by atoms with Crippen molar-refractivity contribution in [2.45, 2.75) is 33.4 Å². The van der Waals surface area contributed by atoms with Gasteiger partial charge in [-0.3, -0.25) is 9.59 Å². The number of ether oxygens (including phenoxy) is 2. The first-order valence-electron chi connectivity index (χ1n) is 12.6. The molecule has 3 aromatic rings. The van der Waals surface area contributed by atoms with Crippen molar-refractivity contribution < 1.29 is 34.1 Å². The molecule has 8 nitrogen and oxygen atoms in total. The van der Waals surface area contributed by atoms with Crippen LogP contribution in [0, 0.1) is 12.8 Å². The Morgan fingerprint density at radius 2 is 1.62 bits per heavy atom. The number of carbonyl (C=O) groups is 3. The van der Waals surface area contributed by atoms with Crippen LogP contribution in [0.3, 0.4) is 0 Å². The predicted molar refractivity (Wildman–Crippen MR) is 146 cm³/mol. The monoisotopic (exact) mass is 529 g/mol. The third-order valence-corrected chi connectivity index (χ3v) is 6.55. The van der Waals surface area contributed by atoms with E-state index >= 15 is 0 Å². The predicted octanol–water partition coefficient (Wildman–Crippen LogP) is 5.36. The number of rotatable bonds is 9. The Kier molecular flexibility index (Phi) is 8.04. The van der Waals surface area contributed by atoms with Gasteiger partial charge in [-0.15, -0.1) is 0 Å². The number of likely N-dealkylation sites (tertiary alicyclic amines) is 1. The van der Waals surface area contributed by atoms with Crippen LogP contribution in [-0.2, 0) is 16.1 Å². The van der Waals surface area contributed by atoms with Crippen molar-refractivity contribution in [1.82, 2.24) is 4.90 Å². The minimum atomic E-state index is -1.06. The summed E-state index contributed by atoms with van der Waals surface area (Å²) in [6.45, 7) is 6.51. The number of methoxy groups -OCH3 is 1. The molecule has 39 heavy (non-hydrogen) atoms. The summed E-state index contributed by atoms with van der Waals surface area (Å²) in [5.41, 5.74) is 2.38. The maximum atomic E-state index is 13.4. The normalized spacial score (nSPS) is 16.5. The van der Waals surface area contributed by atoms with Crippen molar-refractivity contribution in [1.29, 1.82) is 0 Å². The minimum absolute atomic E-state index is 0.0188. The molecule has 0 saturated carbocycles. The number of Topliss-reactive ketones (excluding diaryl/α,β-unsaturated/α-hetero) is 1. The Hall–Kier alpha value is -4.59. The van der Waals surface area contributed by atoms with Crippen LogP contribution in [-0.4, -0.2) is 46.5 Å². The number of carboxylic acid groups (broad SMARTS) is 1. The molecular weight excluding hydrogens is 498 g/mol. The molecule has 1 saturated heterocycles. The average molecular weight is 530 g/mol. The average Bonchev–Trinajstić information content (AvgIpc) is 3.16. The van der Waals surface area contributed by atoms with Gasteiger partial charge in [0, 0.05) is 17.7 Å². The third-order valence-electron chi connectivity index (χ3n) is 6.55. The van der Waals surface area contributed by atoms with Crippen LogP contribution in [0.4, 0.5) is 0 Å². The second-order valence-electron chi connectivity index (χ2n) is 9.86. The van der Waals surface area contributed by atoms with Gasteiger partial charge in [-0.1, -0.05) is 44.2 Å². The fourth-order valence-electron chi connectivity index (χ4n) is 4.58. The van der Waals surface area contributed by atoms with Crippen molar-refractivity contribution >= 4 is 23.4 Å². The Morgan fingerprint density at radius 3 is 2.23 bits per heavy atom. The number of para-hydroxylation sites is 1. The van der Waals surface area contributed by atoms with E-state index in [9.17, 15) is 24.6 Å². The molecule has 1 amide bonds. The molecule has 3 aromatic carbocycles. The molecule has 1 heterocycles. The molecule has 1 unspecified atom stereocenters. The molecule has 0 spiro atoms. The number of aryl methyl sites for hydroxylation is 1. The fraction of sp³-hybridized carbons (Fsp3) is 0.258. The minimum Gasteiger partial charge on any atom is -0.507 e. The summed E-state index contributed by atoms with van der Waals surface area (Å²) >= 11 is 0. The van der Waals surface area contributed by atoms with Crippen molar-refractivity contribution in [3.8, 4) is 11.5 Å². The van der Waals surface area contributed by atoms with Crippen LogP contribution in [0.15, 0.2) is 72.3 Å². The zero-order valence-corrected chi connectivity index (χ0v) is 22.3. The zero-order chi connectivity index (χ0) is 28.3. The van der Waals surface area contributed by atoms with E-state index in [1.54, 1.807) is 54.6 Å². The molecule has 0 bridgehead atoms. The number of aromatic carboxylic acids is 1. The van der Waals surface area contributed by atoms with Gasteiger partial charge in [-0.2, -0.15) is 0 Å². The second-order valence-corrected chi connectivity index (χ2v) is 9.86. The first-order chi connectivity index (χ1) is 18.6. The molecular formula is C31H31NO7. The molecule has 1 fully saturated rings. The van der Waals surface area contributed by atoms with Gasteiger partial charge in [0.25, 0.3) is 11.7 Å². The highest BCUT2D eigenvalue weighted by molar-refractivity contribution is 6.46. The highest BCUT2D eigenvalue weighted by Gasteiger charge is 2.47. The van der Waals surface area contributed by atoms with Gasteiger partial charge in [0.1, 0.15) is 17.3 Å². The molecule has 1 atom stereocenters. The molecule has 202 valence electrons. The lowest BCUT2D eigenvalue weighted by Crippen LogP contribution is -2.29. The lowest BCUT2D eigenvalue weighted by molar-refractivity contribution is -0.140. The van der Waals surface area contributed by atoms with Crippen molar-refractivity contribution in [2.75, 3.05) is 13.7 Å². The van der Waals surface area contributed by atoms with E-state index in [4.69, 9.17) is 9.47 Å². The summed E-state index contributed by atoms with van der Waals surface area (Å²) in [6.07, 6.45) is 0.